The Morgan fingerprint density at radius 2 is 1.93 bits per heavy atom. The summed E-state index contributed by atoms with van der Waals surface area (Å²) in [5.41, 5.74) is 4.54. The number of thiazole rings is 1. The predicted octanol–water partition coefficient (Wildman–Crippen LogP) is 4.90. The minimum Gasteiger partial charge on any atom is -0.465 e. The normalized spacial score (nSPS) is 21.1. The maximum Gasteiger partial charge on any atom is 0.320 e. The first-order valence-corrected chi connectivity index (χ1v) is 26.9. The second-order valence-corrected chi connectivity index (χ2v) is 24.3. The molecule has 3 aliphatic heterocycles. The van der Waals surface area contributed by atoms with Gasteiger partial charge in [0.2, 0.25) is 11.8 Å². The Labute approximate surface area is 413 Å². The quantitative estimate of drug-likeness (QED) is 0.147. The number of ether oxygens (including phenoxy) is 3. The summed E-state index contributed by atoms with van der Waals surface area (Å²) >= 11 is 1.49. The molecule has 0 saturated carbocycles. The summed E-state index contributed by atoms with van der Waals surface area (Å²) in [6.45, 7) is 15.0. The van der Waals surface area contributed by atoms with Crippen LogP contribution in [0.3, 0.4) is 0 Å². The van der Waals surface area contributed by atoms with Crippen molar-refractivity contribution in [1.29, 1.82) is 0 Å². The molecule has 3 aromatic heterocycles. The molecule has 2 N–H and O–H groups in total. The first kappa shape index (κ1) is 51.6. The molecule has 20 heteroatoms. The molecule has 1 aromatic carbocycles. The van der Waals surface area contributed by atoms with Crippen molar-refractivity contribution >= 4 is 75.7 Å². The van der Waals surface area contributed by atoms with Crippen LogP contribution < -0.4 is 10.1 Å². The summed E-state index contributed by atoms with van der Waals surface area (Å²) in [7, 11) is 12.4. The minimum absolute atomic E-state index is 0.0831. The van der Waals surface area contributed by atoms with Gasteiger partial charge in [-0.3, -0.25) is 29.5 Å². The number of pyridine rings is 1. The zero-order chi connectivity index (χ0) is 49.3. The van der Waals surface area contributed by atoms with Gasteiger partial charge in [-0.15, -0.1) is 11.3 Å². The Morgan fingerprint density at radius 3 is 2.60 bits per heavy atom. The van der Waals surface area contributed by atoms with Crippen LogP contribution in [0.4, 0.5) is 4.79 Å². The van der Waals surface area contributed by atoms with Gasteiger partial charge in [-0.25, -0.2) is 9.78 Å². The van der Waals surface area contributed by atoms with Gasteiger partial charge in [0.25, 0.3) is 0 Å². The number of nitrogens with zero attached hydrogens (tertiary/aromatic N) is 7. The Balaban J connectivity index is 1.23. The van der Waals surface area contributed by atoms with E-state index in [9.17, 15) is 19.2 Å². The number of hydrogen-bond donors (Lipinski definition) is 2. The number of carbonyl (C=O) groups is 4. The largest absolute Gasteiger partial charge is 0.465 e. The topological polar surface area (TPSA) is 164 Å². The number of likely N-dealkylation sites (N-methyl/N-ethyl adjacent to an activating group) is 2. The monoisotopic (exact) mass is 996 g/mol. The fourth-order valence-corrected chi connectivity index (χ4v) is 13.0. The number of carbonyl (C=O) groups excluding carboxylic acids is 4. The molecule has 3 aliphatic rings. The van der Waals surface area contributed by atoms with Crippen LogP contribution in [-0.4, -0.2) is 167 Å². The van der Waals surface area contributed by atoms with Gasteiger partial charge < -0.3 is 38.5 Å². The Kier molecular flexibility index (Phi) is 15.9. The molecule has 4 amide bonds. The van der Waals surface area contributed by atoms with E-state index in [4.69, 9.17) is 24.2 Å². The van der Waals surface area contributed by atoms with Gasteiger partial charge in [0.15, 0.2) is 19.4 Å². The Bertz CT molecular complexity index is 2490. The fraction of sp³-hybridized carbons (Fsp3) is 0.583. The van der Waals surface area contributed by atoms with E-state index < -0.39 is 33.4 Å². The molecule has 16 nitrogen and oxygen atoms in total. The van der Waals surface area contributed by atoms with Crippen molar-refractivity contribution in [1.82, 2.24) is 44.3 Å². The van der Waals surface area contributed by atoms with Crippen molar-refractivity contribution < 1.29 is 33.4 Å². The summed E-state index contributed by atoms with van der Waals surface area (Å²) in [4.78, 5) is 74.9. The molecule has 363 valence electrons. The van der Waals surface area contributed by atoms with Crippen LogP contribution in [0.25, 0.3) is 33.4 Å². The highest BCUT2D eigenvalue weighted by Crippen LogP contribution is 2.43. The van der Waals surface area contributed by atoms with E-state index in [-0.39, 0.29) is 62.1 Å². The lowest BCUT2D eigenvalue weighted by molar-refractivity contribution is -0.146. The highest BCUT2D eigenvalue weighted by Gasteiger charge is 2.48. The van der Waals surface area contributed by atoms with Gasteiger partial charge >= 0.3 is 12.0 Å². The smallest absolute Gasteiger partial charge is 0.320 e. The number of benzene rings is 1. The molecule has 6 bridgehead atoms. The maximum absolute atomic E-state index is 14.6. The minimum atomic E-state index is -0.865. The fourth-order valence-electron chi connectivity index (χ4n) is 9.70. The number of hydrazine groups is 1. The highest BCUT2D eigenvalue weighted by atomic mass is 32.1. The van der Waals surface area contributed by atoms with E-state index in [0.29, 0.717) is 52.0 Å². The number of methoxy groups -OCH3 is 2. The average Bonchev–Trinajstić information content (AvgIpc) is 3.78. The van der Waals surface area contributed by atoms with Crippen molar-refractivity contribution in [3.05, 3.63) is 58.2 Å². The first-order chi connectivity index (χ1) is 32.2. The molecule has 7 rings (SSSR count). The first-order valence-electron chi connectivity index (χ1n) is 23.3. The second kappa shape index (κ2) is 21.0. The maximum atomic E-state index is 14.6. The molecule has 0 aliphatic carbocycles. The highest BCUT2D eigenvalue weighted by molar-refractivity contribution is 7.10. The number of likely N-dealkylation sites (tertiary alicyclic amines) is 1. The number of fused-ring (bicyclic) bond motifs is 7. The zero-order valence-electron chi connectivity index (χ0n) is 41.3. The van der Waals surface area contributed by atoms with Gasteiger partial charge in [0.1, 0.15) is 11.6 Å². The van der Waals surface area contributed by atoms with Crippen LogP contribution >= 0.6 is 11.3 Å². The number of esters is 1. The summed E-state index contributed by atoms with van der Waals surface area (Å²) < 4.78 is 20.2. The van der Waals surface area contributed by atoms with Gasteiger partial charge in [0, 0.05) is 86.3 Å². The van der Waals surface area contributed by atoms with E-state index in [1.54, 1.807) is 37.4 Å². The van der Waals surface area contributed by atoms with E-state index in [2.05, 4.69) is 69.9 Å². The summed E-state index contributed by atoms with van der Waals surface area (Å²) in [5, 5.41) is 7.90. The Morgan fingerprint density at radius 1 is 1.18 bits per heavy atom. The Hall–Kier alpha value is -4.29. The number of urea groups is 1. The van der Waals surface area contributed by atoms with E-state index >= 15 is 0 Å². The summed E-state index contributed by atoms with van der Waals surface area (Å²) in [5.74, 6) is -1.02. The number of cyclic esters (lactones) is 1. The third-order valence-electron chi connectivity index (χ3n) is 13.2. The zero-order valence-corrected chi connectivity index (χ0v) is 45.1. The molecular weight excluding hydrogens is 931 g/mol. The molecule has 4 atom stereocenters. The number of nitrogens with one attached hydrogen (secondary N) is 2. The summed E-state index contributed by atoms with van der Waals surface area (Å²) in [6, 6.07) is 9.44. The van der Waals surface area contributed by atoms with Crippen LogP contribution in [0.1, 0.15) is 70.6 Å². The third-order valence-corrected chi connectivity index (χ3v) is 17.0. The number of aryl methyl sites for hydroxylation is 1. The van der Waals surface area contributed by atoms with Crippen LogP contribution in [0.5, 0.6) is 0 Å². The van der Waals surface area contributed by atoms with Gasteiger partial charge in [-0.2, -0.15) is 0 Å². The van der Waals surface area contributed by atoms with Crippen molar-refractivity contribution in [3.63, 3.8) is 0 Å². The van der Waals surface area contributed by atoms with E-state index in [1.165, 1.54) is 16.2 Å². The SMILES string of the molecule is CCn1c(-c2cccnc2[C@@](C)([Si])OC)c2c3cc(ccc31)-c1csc(n1)C[C@H]([Si]NC(=O)[C@H](C(C)C)N(C)C(=O)N1CC(CN(C)C)(OC)C1)C(=O)N1CCC[C@H]([Si]N1)C(=O)OCC(C)(C)C2. The molecule has 0 unspecified atom stereocenters. The number of aromatic nitrogens is 3. The molecule has 4 aromatic rings. The molecule has 2 fully saturated rings. The lowest BCUT2D eigenvalue weighted by Crippen LogP contribution is -2.70. The van der Waals surface area contributed by atoms with Gasteiger partial charge in [-0.1, -0.05) is 33.8 Å². The molecule has 7 radical (unpaired) electrons. The number of rotatable bonds is 12. The molecule has 6 heterocycles. The summed E-state index contributed by atoms with van der Waals surface area (Å²) in [6.07, 6.45) is 3.81. The van der Waals surface area contributed by atoms with E-state index in [0.717, 1.165) is 49.7 Å². The molecular formula is C48H66N9O7SSi3. The average molecular weight is 997 g/mol. The van der Waals surface area contributed by atoms with Crippen LogP contribution in [-0.2, 0) is 53.2 Å². The third kappa shape index (κ3) is 10.9. The van der Waals surface area contributed by atoms with Crippen molar-refractivity contribution in [2.45, 2.75) is 102 Å². The molecule has 0 spiro atoms. The number of hydrogen-bond acceptors (Lipinski definition) is 12. The second-order valence-electron chi connectivity index (χ2n) is 19.9. The number of amides is 4. The van der Waals surface area contributed by atoms with Crippen LogP contribution in [0, 0.1) is 11.3 Å². The lowest BCUT2D eigenvalue weighted by atomic mass is 9.84. The predicted molar refractivity (Wildman–Crippen MR) is 267 cm³/mol. The van der Waals surface area contributed by atoms with Crippen molar-refractivity contribution in [3.8, 4) is 22.5 Å². The van der Waals surface area contributed by atoms with Crippen LogP contribution in [0.15, 0.2) is 41.9 Å². The van der Waals surface area contributed by atoms with E-state index in [1.807, 2.05) is 51.2 Å². The van der Waals surface area contributed by atoms with Crippen molar-refractivity contribution in [2.75, 3.05) is 68.1 Å². The van der Waals surface area contributed by atoms with Gasteiger partial charge in [-0.05, 0) is 83.0 Å². The standard InChI is InChI=1S/C48H66N9O7SSi3/c1-12-56-35-18-17-30-21-32(35)33(40(56)31-15-13-19-49-41(31)47(6,66)62-10)23-46(4,5)28-64-44(60)36-16-14-20-57(52-68-36)43(59)37(22-38-50-34(30)24-65-38)67-51-42(58)39(29(2)3)54(9)45(61)55-26-48(27-55,63-11)25-53(7)8/h13,15,17-19,21,24,29,36-37,39,52H,12,14,16,20,22-23,25-28H2,1-11H3,(H,51,58)/t36-,37-,39-,47+/m0/s1. The van der Waals surface area contributed by atoms with Crippen molar-refractivity contribution in [2.24, 2.45) is 11.3 Å². The van der Waals surface area contributed by atoms with Gasteiger partial charge in [0.05, 0.1) is 68.3 Å². The molecule has 68 heavy (non-hydrogen) atoms. The lowest BCUT2D eigenvalue weighted by Gasteiger charge is -2.51. The molecule has 2 saturated heterocycles. The van der Waals surface area contributed by atoms with Crippen LogP contribution in [0.2, 0.25) is 11.1 Å².